The highest BCUT2D eigenvalue weighted by Crippen LogP contribution is 2.24. The van der Waals surface area contributed by atoms with E-state index in [2.05, 4.69) is 0 Å². The van der Waals surface area contributed by atoms with Crippen LogP contribution in [-0.4, -0.2) is 53.3 Å². The molecule has 0 fully saturated rings. The molecular weight excluding hydrogens is 339 g/mol. The van der Waals surface area contributed by atoms with Gasteiger partial charge in [0, 0.05) is 36.3 Å². The molecule has 23 heavy (non-hydrogen) atoms. The summed E-state index contributed by atoms with van der Waals surface area (Å²) in [5.41, 5.74) is 7.91. The molecular formula is C16H22Cl2N2O3. The summed E-state index contributed by atoms with van der Waals surface area (Å²) in [7, 11) is 0. The lowest BCUT2D eigenvalue weighted by Gasteiger charge is -2.22. The van der Waals surface area contributed by atoms with Gasteiger partial charge in [-0.05, 0) is 36.7 Å². The Morgan fingerprint density at radius 3 is 2.35 bits per heavy atom. The number of alkyl halides is 2. The fourth-order valence-corrected chi connectivity index (χ4v) is 2.85. The van der Waals surface area contributed by atoms with Crippen molar-refractivity contribution in [3.63, 3.8) is 0 Å². The van der Waals surface area contributed by atoms with Crippen molar-refractivity contribution in [2.24, 2.45) is 5.73 Å². The number of aliphatic carboxylic acids is 1. The summed E-state index contributed by atoms with van der Waals surface area (Å²) >= 11 is 11.5. The average molecular weight is 361 g/mol. The molecule has 0 aliphatic carbocycles. The number of nitrogens with zero attached hydrogens (tertiary/aromatic N) is 1. The highest BCUT2D eigenvalue weighted by atomic mass is 35.5. The second kappa shape index (κ2) is 9.75. The van der Waals surface area contributed by atoms with E-state index >= 15 is 0 Å². The number of hydrogen-bond acceptors (Lipinski definition) is 3. The molecule has 1 amide bonds. The van der Waals surface area contributed by atoms with Crippen LogP contribution in [0.1, 0.15) is 33.8 Å². The molecule has 0 heterocycles. The van der Waals surface area contributed by atoms with Crippen molar-refractivity contribution >= 4 is 35.1 Å². The molecule has 5 nitrogen and oxygen atoms in total. The standard InChI is InChI=1S/C16H22Cl2N2O3/c1-11-2-3-12(16(23)20(6-4-17)7-5-18)8-14(11)13(10-19)9-15(21)22/h2-3,8,13H,4-7,9-10,19H2,1H3,(H,21,22). The van der Waals surface area contributed by atoms with Gasteiger partial charge in [-0.2, -0.15) is 0 Å². The molecule has 3 N–H and O–H groups in total. The largest absolute Gasteiger partial charge is 0.481 e. The van der Waals surface area contributed by atoms with Gasteiger partial charge in [0.25, 0.3) is 5.91 Å². The molecule has 0 saturated carbocycles. The maximum atomic E-state index is 12.6. The summed E-state index contributed by atoms with van der Waals surface area (Å²) < 4.78 is 0. The Balaban J connectivity index is 3.11. The summed E-state index contributed by atoms with van der Waals surface area (Å²) in [4.78, 5) is 25.2. The summed E-state index contributed by atoms with van der Waals surface area (Å²) in [6, 6.07) is 5.27. The molecule has 0 radical (unpaired) electrons. The minimum absolute atomic E-state index is 0.0674. The third-order valence-electron chi connectivity index (χ3n) is 3.67. The number of carbonyl (C=O) groups excluding carboxylic acids is 1. The molecule has 7 heteroatoms. The highest BCUT2D eigenvalue weighted by molar-refractivity contribution is 6.18. The van der Waals surface area contributed by atoms with E-state index in [-0.39, 0.29) is 24.8 Å². The zero-order valence-electron chi connectivity index (χ0n) is 13.1. The van der Waals surface area contributed by atoms with E-state index in [0.717, 1.165) is 11.1 Å². The zero-order valence-corrected chi connectivity index (χ0v) is 14.6. The molecule has 0 aliphatic heterocycles. The van der Waals surface area contributed by atoms with E-state index in [9.17, 15) is 9.59 Å². The van der Waals surface area contributed by atoms with Crippen molar-refractivity contribution in [3.8, 4) is 0 Å². The van der Waals surface area contributed by atoms with Crippen LogP contribution in [0.5, 0.6) is 0 Å². The molecule has 1 aromatic rings. The van der Waals surface area contributed by atoms with Crippen LogP contribution in [0, 0.1) is 6.92 Å². The normalized spacial score (nSPS) is 12.0. The van der Waals surface area contributed by atoms with Gasteiger partial charge in [0.05, 0.1) is 6.42 Å². The number of halogens is 2. The Morgan fingerprint density at radius 2 is 1.87 bits per heavy atom. The molecule has 1 rings (SSSR count). The smallest absolute Gasteiger partial charge is 0.304 e. The quantitative estimate of drug-likeness (QED) is 0.662. The van der Waals surface area contributed by atoms with Crippen LogP contribution in [0.2, 0.25) is 0 Å². The van der Waals surface area contributed by atoms with Gasteiger partial charge in [-0.3, -0.25) is 9.59 Å². The Bertz CT molecular complexity index is 546. The monoisotopic (exact) mass is 360 g/mol. The van der Waals surface area contributed by atoms with Crippen LogP contribution in [0.4, 0.5) is 0 Å². The molecule has 128 valence electrons. The number of benzene rings is 1. The number of hydrogen-bond donors (Lipinski definition) is 2. The first-order valence-electron chi connectivity index (χ1n) is 7.38. The Morgan fingerprint density at radius 1 is 1.26 bits per heavy atom. The van der Waals surface area contributed by atoms with Crippen molar-refractivity contribution in [2.75, 3.05) is 31.4 Å². The van der Waals surface area contributed by atoms with Crippen LogP contribution in [0.15, 0.2) is 18.2 Å². The number of carboxylic acids is 1. The fourth-order valence-electron chi connectivity index (χ4n) is 2.45. The van der Waals surface area contributed by atoms with Gasteiger partial charge in [0.2, 0.25) is 0 Å². The number of nitrogens with two attached hydrogens (primary N) is 1. The summed E-state index contributed by atoms with van der Waals surface area (Å²) in [6.07, 6.45) is -0.0674. The van der Waals surface area contributed by atoms with Gasteiger partial charge >= 0.3 is 5.97 Å². The van der Waals surface area contributed by atoms with Crippen molar-refractivity contribution in [3.05, 3.63) is 34.9 Å². The molecule has 0 aliphatic rings. The first-order chi connectivity index (χ1) is 10.9. The van der Waals surface area contributed by atoms with Crippen LogP contribution in [0.3, 0.4) is 0 Å². The highest BCUT2D eigenvalue weighted by Gasteiger charge is 2.20. The van der Waals surface area contributed by atoms with E-state index in [1.165, 1.54) is 0 Å². The summed E-state index contributed by atoms with van der Waals surface area (Å²) in [5.74, 6) is -0.756. The summed E-state index contributed by atoms with van der Waals surface area (Å²) in [5, 5.41) is 9.01. The van der Waals surface area contributed by atoms with Gasteiger partial charge in [-0.1, -0.05) is 6.07 Å². The van der Waals surface area contributed by atoms with Gasteiger partial charge in [-0.15, -0.1) is 23.2 Å². The first kappa shape index (κ1) is 19.7. The molecule has 0 aromatic heterocycles. The number of amides is 1. The third kappa shape index (κ3) is 5.68. The summed E-state index contributed by atoms with van der Waals surface area (Å²) in [6.45, 7) is 2.90. The molecule has 0 bridgehead atoms. The maximum Gasteiger partial charge on any atom is 0.304 e. The fraction of sp³-hybridized carbons (Fsp3) is 0.500. The van der Waals surface area contributed by atoms with E-state index < -0.39 is 5.97 Å². The van der Waals surface area contributed by atoms with Crippen LogP contribution >= 0.6 is 23.2 Å². The Labute approximate surface area is 146 Å². The van der Waals surface area contributed by atoms with E-state index in [1.54, 1.807) is 17.0 Å². The number of aryl methyl sites for hydroxylation is 1. The molecule has 0 spiro atoms. The predicted octanol–water partition coefficient (Wildman–Crippen LogP) is 2.43. The Hall–Kier alpha value is -1.30. The van der Waals surface area contributed by atoms with E-state index in [1.807, 2.05) is 13.0 Å². The van der Waals surface area contributed by atoms with Gasteiger partial charge in [0.15, 0.2) is 0 Å². The van der Waals surface area contributed by atoms with E-state index in [4.69, 9.17) is 34.0 Å². The van der Waals surface area contributed by atoms with Crippen LogP contribution in [-0.2, 0) is 4.79 Å². The van der Waals surface area contributed by atoms with Gasteiger partial charge in [-0.25, -0.2) is 0 Å². The van der Waals surface area contributed by atoms with Crippen molar-refractivity contribution in [1.29, 1.82) is 0 Å². The lowest BCUT2D eigenvalue weighted by atomic mass is 9.90. The number of carbonyl (C=O) groups is 2. The number of rotatable bonds is 9. The minimum atomic E-state index is -0.914. The van der Waals surface area contributed by atoms with E-state index in [0.29, 0.717) is 30.4 Å². The van der Waals surface area contributed by atoms with Crippen LogP contribution < -0.4 is 5.73 Å². The second-order valence-corrected chi connectivity index (χ2v) is 6.03. The lowest BCUT2D eigenvalue weighted by molar-refractivity contribution is -0.137. The lowest BCUT2D eigenvalue weighted by Crippen LogP contribution is -2.34. The van der Waals surface area contributed by atoms with Crippen LogP contribution in [0.25, 0.3) is 0 Å². The third-order valence-corrected chi connectivity index (χ3v) is 4.01. The molecule has 1 unspecified atom stereocenters. The zero-order chi connectivity index (χ0) is 17.4. The van der Waals surface area contributed by atoms with Crippen molar-refractivity contribution in [2.45, 2.75) is 19.3 Å². The van der Waals surface area contributed by atoms with Crippen molar-refractivity contribution < 1.29 is 14.7 Å². The Kier molecular flexibility index (Phi) is 8.37. The van der Waals surface area contributed by atoms with Gasteiger partial charge in [0.1, 0.15) is 0 Å². The van der Waals surface area contributed by atoms with Gasteiger partial charge < -0.3 is 15.7 Å². The van der Waals surface area contributed by atoms with Crippen molar-refractivity contribution in [1.82, 2.24) is 4.90 Å². The predicted molar refractivity (Wildman–Crippen MR) is 92.6 cm³/mol. The number of carboxylic acid groups (broad SMARTS) is 1. The molecule has 0 saturated heterocycles. The molecule has 1 aromatic carbocycles. The average Bonchev–Trinajstić information content (AvgIpc) is 2.52. The topological polar surface area (TPSA) is 83.6 Å². The SMILES string of the molecule is Cc1ccc(C(=O)N(CCCl)CCCl)cc1C(CN)CC(=O)O. The first-order valence-corrected chi connectivity index (χ1v) is 8.45. The maximum absolute atomic E-state index is 12.6. The second-order valence-electron chi connectivity index (χ2n) is 5.27. The molecule has 1 atom stereocenters. The minimum Gasteiger partial charge on any atom is -0.481 e.